The van der Waals surface area contributed by atoms with Crippen LogP contribution in [-0.4, -0.2) is 60.3 Å². The number of nitrogens with one attached hydrogen (secondary N) is 1. The van der Waals surface area contributed by atoms with Gasteiger partial charge in [-0.15, -0.1) is 0 Å². The Labute approximate surface area is 212 Å². The number of hydrogen-bond acceptors (Lipinski definition) is 8. The van der Waals surface area contributed by atoms with Crippen LogP contribution in [0.2, 0.25) is 5.02 Å². The summed E-state index contributed by atoms with van der Waals surface area (Å²) in [6.07, 6.45) is 7.98. The molecule has 4 heterocycles. The molecular formula is C25H27ClFN5O2S. The Morgan fingerprint density at radius 2 is 1.94 bits per heavy atom. The first kappa shape index (κ1) is 23.2. The van der Waals surface area contributed by atoms with Crippen LogP contribution in [0, 0.1) is 5.82 Å². The Hall–Kier alpha value is -2.20. The molecule has 0 radical (unpaired) electrons. The predicted octanol–water partition coefficient (Wildman–Crippen LogP) is 5.01. The number of benzene rings is 1. The van der Waals surface area contributed by atoms with Crippen LogP contribution in [0.4, 0.5) is 10.2 Å². The molecule has 2 aromatic heterocycles. The molecule has 2 bridgehead atoms. The molecule has 10 heteroatoms. The summed E-state index contributed by atoms with van der Waals surface area (Å²) in [6.45, 7) is 1.77. The van der Waals surface area contributed by atoms with Crippen LogP contribution >= 0.6 is 23.4 Å². The highest BCUT2D eigenvalue weighted by atomic mass is 35.5. The van der Waals surface area contributed by atoms with Gasteiger partial charge in [0.05, 0.1) is 5.39 Å². The zero-order valence-corrected chi connectivity index (χ0v) is 21.3. The highest BCUT2D eigenvalue weighted by Crippen LogP contribution is 2.49. The van der Waals surface area contributed by atoms with E-state index in [0.29, 0.717) is 44.9 Å². The van der Waals surface area contributed by atoms with Gasteiger partial charge in [-0.1, -0.05) is 23.4 Å². The topological polar surface area (TPSA) is 72.4 Å². The third kappa shape index (κ3) is 4.33. The molecular weight excluding hydrogens is 489 g/mol. The number of piperazine rings is 1. The van der Waals surface area contributed by atoms with Crippen molar-refractivity contribution >= 4 is 40.1 Å². The Morgan fingerprint density at radius 1 is 1.17 bits per heavy atom. The minimum Gasteiger partial charge on any atom is -0.467 e. The fourth-order valence-corrected chi connectivity index (χ4v) is 6.02. The van der Waals surface area contributed by atoms with Gasteiger partial charge in [0, 0.05) is 49.1 Å². The van der Waals surface area contributed by atoms with Crippen LogP contribution in [0.5, 0.6) is 5.75 Å². The number of methoxy groups -OCH3 is 1. The van der Waals surface area contributed by atoms with E-state index < -0.39 is 5.82 Å². The van der Waals surface area contributed by atoms with Gasteiger partial charge in [-0.25, -0.2) is 14.4 Å². The molecule has 0 amide bonds. The van der Waals surface area contributed by atoms with Crippen molar-refractivity contribution in [1.29, 1.82) is 0 Å². The number of fused-ring (bicyclic) bond motifs is 3. The number of thioether (sulfide) groups is 1. The monoisotopic (exact) mass is 515 g/mol. The van der Waals surface area contributed by atoms with E-state index in [2.05, 4.69) is 20.2 Å². The second kappa shape index (κ2) is 9.35. The molecule has 35 heavy (non-hydrogen) atoms. The average molecular weight is 516 g/mol. The lowest BCUT2D eigenvalue weighted by Gasteiger charge is -2.34. The van der Waals surface area contributed by atoms with E-state index in [4.69, 9.17) is 26.1 Å². The van der Waals surface area contributed by atoms with E-state index in [-0.39, 0.29) is 18.0 Å². The van der Waals surface area contributed by atoms with Gasteiger partial charge in [-0.3, -0.25) is 4.98 Å². The Balaban J connectivity index is 1.49. The van der Waals surface area contributed by atoms with Crippen LogP contribution in [0.15, 0.2) is 23.5 Å². The third-order valence-electron chi connectivity index (χ3n) is 7.03. The van der Waals surface area contributed by atoms with Gasteiger partial charge >= 0.3 is 0 Å². The summed E-state index contributed by atoms with van der Waals surface area (Å²) < 4.78 is 26.9. The molecule has 6 rings (SSSR count). The first-order chi connectivity index (χ1) is 17.1. The van der Waals surface area contributed by atoms with Crippen molar-refractivity contribution in [3.8, 4) is 17.0 Å². The maximum atomic E-state index is 16.3. The van der Waals surface area contributed by atoms with Gasteiger partial charge in [0.15, 0.2) is 17.8 Å². The minimum absolute atomic E-state index is 0.0759. The summed E-state index contributed by atoms with van der Waals surface area (Å²) in [4.78, 5) is 16.3. The van der Waals surface area contributed by atoms with Crippen LogP contribution in [0.25, 0.3) is 22.2 Å². The summed E-state index contributed by atoms with van der Waals surface area (Å²) >= 11 is 8.08. The first-order valence-electron chi connectivity index (χ1n) is 11.9. The Bertz CT molecular complexity index is 1280. The maximum absolute atomic E-state index is 16.3. The number of aromatic nitrogens is 3. The number of pyridine rings is 1. The minimum atomic E-state index is -0.457. The van der Waals surface area contributed by atoms with Crippen molar-refractivity contribution in [2.75, 3.05) is 38.1 Å². The average Bonchev–Trinajstić information content (AvgIpc) is 3.65. The molecule has 1 saturated carbocycles. The molecule has 184 valence electrons. The lowest BCUT2D eigenvalue weighted by Crippen LogP contribution is -2.51. The number of hydrogen-bond donors (Lipinski definition) is 1. The highest BCUT2D eigenvalue weighted by Gasteiger charge is 2.35. The molecule has 2 unspecified atom stereocenters. The van der Waals surface area contributed by atoms with Gasteiger partial charge in [-0.05, 0) is 55.6 Å². The molecule has 2 saturated heterocycles. The number of rotatable bonds is 7. The van der Waals surface area contributed by atoms with Crippen LogP contribution in [0.3, 0.4) is 0 Å². The molecule has 3 aliphatic rings. The van der Waals surface area contributed by atoms with E-state index in [1.54, 1.807) is 25.4 Å². The van der Waals surface area contributed by atoms with Crippen molar-refractivity contribution in [3.63, 3.8) is 0 Å². The lowest BCUT2D eigenvalue weighted by molar-refractivity contribution is 0.0511. The lowest BCUT2D eigenvalue weighted by atomic mass is 9.98. The number of halogens is 2. The first-order valence-corrected chi connectivity index (χ1v) is 13.5. The van der Waals surface area contributed by atoms with Crippen molar-refractivity contribution in [2.45, 2.75) is 48.8 Å². The normalized spacial score (nSPS) is 21.7. The van der Waals surface area contributed by atoms with Crippen LogP contribution < -0.4 is 15.0 Å². The summed E-state index contributed by atoms with van der Waals surface area (Å²) in [6, 6.07) is 4.45. The molecule has 2 aliphatic heterocycles. The molecule has 1 aliphatic carbocycles. The third-order valence-corrected chi connectivity index (χ3v) is 7.89. The van der Waals surface area contributed by atoms with Gasteiger partial charge in [0.1, 0.15) is 22.8 Å². The van der Waals surface area contributed by atoms with Crippen LogP contribution in [0.1, 0.15) is 37.2 Å². The summed E-state index contributed by atoms with van der Waals surface area (Å²) in [5.74, 6) is 1.11. The summed E-state index contributed by atoms with van der Waals surface area (Å²) in [7, 11) is 1.55. The van der Waals surface area contributed by atoms with E-state index in [1.165, 1.54) is 11.8 Å². The van der Waals surface area contributed by atoms with Crippen molar-refractivity contribution in [2.24, 2.45) is 0 Å². The predicted molar refractivity (Wildman–Crippen MR) is 136 cm³/mol. The highest BCUT2D eigenvalue weighted by molar-refractivity contribution is 7.98. The Kier molecular flexibility index (Phi) is 6.20. The van der Waals surface area contributed by atoms with Crippen LogP contribution in [-0.2, 0) is 4.74 Å². The summed E-state index contributed by atoms with van der Waals surface area (Å²) in [5.41, 5.74) is 2.09. The second-order valence-electron chi connectivity index (χ2n) is 9.45. The fourth-order valence-electron chi connectivity index (χ4n) is 5.30. The second-order valence-corrected chi connectivity index (χ2v) is 10.6. The van der Waals surface area contributed by atoms with Gasteiger partial charge in [-0.2, -0.15) is 0 Å². The smallest absolute Gasteiger partial charge is 0.189 e. The zero-order chi connectivity index (χ0) is 24.1. The quantitative estimate of drug-likeness (QED) is 0.267. The van der Waals surface area contributed by atoms with E-state index in [9.17, 15) is 0 Å². The van der Waals surface area contributed by atoms with Crippen molar-refractivity contribution in [1.82, 2.24) is 20.3 Å². The zero-order valence-electron chi connectivity index (χ0n) is 19.7. The number of anilines is 1. The fraction of sp³-hybridized carbons (Fsp3) is 0.480. The molecule has 3 aromatic rings. The van der Waals surface area contributed by atoms with E-state index in [0.717, 1.165) is 50.2 Å². The standard InChI is InChI=1S/C25H27ClFN5O2S/c1-33-12-34-16-7-17(20(13-3-4-13)19(26)8-16)22-21(27)23-18(9-28-22)24(31-25(30-23)35-2)32-10-14-5-6-15(11-32)29-14/h7-9,13-15,29H,3-6,10-12H2,1-2H3. The number of nitrogens with zero attached hydrogens (tertiary/aromatic N) is 4. The molecule has 1 N–H and O–H groups in total. The molecule has 0 spiro atoms. The van der Waals surface area contributed by atoms with E-state index in [1.807, 2.05) is 6.26 Å². The molecule has 7 nitrogen and oxygen atoms in total. The van der Waals surface area contributed by atoms with Gasteiger partial charge in [0.25, 0.3) is 0 Å². The van der Waals surface area contributed by atoms with Gasteiger partial charge < -0.3 is 19.7 Å². The molecule has 2 atom stereocenters. The largest absolute Gasteiger partial charge is 0.467 e. The number of ether oxygens (including phenoxy) is 2. The summed E-state index contributed by atoms with van der Waals surface area (Å²) in [5, 5.41) is 5.38. The Morgan fingerprint density at radius 3 is 2.63 bits per heavy atom. The van der Waals surface area contributed by atoms with Crippen molar-refractivity contribution < 1.29 is 13.9 Å². The SMILES string of the molecule is COCOc1cc(Cl)c(C2CC2)c(-c2ncc3c(N4CC5CCC(C4)N5)nc(SC)nc3c2F)c1. The maximum Gasteiger partial charge on any atom is 0.189 e. The van der Waals surface area contributed by atoms with E-state index >= 15 is 4.39 Å². The van der Waals surface area contributed by atoms with Crippen molar-refractivity contribution in [3.05, 3.63) is 34.7 Å². The molecule has 3 fully saturated rings. The molecule has 1 aromatic carbocycles. The van der Waals surface area contributed by atoms with Gasteiger partial charge in [0.2, 0.25) is 0 Å².